The number of rotatable bonds is 4. The standard InChI is InChI=1S/C13H19N3O2/c1-17-9-13(8-16-12(14)15)11-5-3-2-4-10(11)6-7-18-13/h2-5H,6-9H2,1H3,(H4,14,15,16). The summed E-state index contributed by atoms with van der Waals surface area (Å²) in [6.45, 7) is 1.46. The number of hydrogen-bond donors (Lipinski definition) is 2. The van der Waals surface area contributed by atoms with Crippen molar-refractivity contribution in [2.75, 3.05) is 26.9 Å². The minimum absolute atomic E-state index is 0.0668. The molecule has 0 radical (unpaired) electrons. The summed E-state index contributed by atoms with van der Waals surface area (Å²) in [5, 5.41) is 0. The molecule has 0 spiro atoms. The second-order valence-corrected chi connectivity index (χ2v) is 4.42. The summed E-state index contributed by atoms with van der Waals surface area (Å²) in [7, 11) is 1.65. The van der Waals surface area contributed by atoms with Crippen molar-refractivity contribution in [2.24, 2.45) is 16.5 Å². The Morgan fingerprint density at radius 2 is 2.22 bits per heavy atom. The van der Waals surface area contributed by atoms with Gasteiger partial charge in [0, 0.05) is 7.11 Å². The SMILES string of the molecule is COCC1(CN=C(N)N)OCCc2ccccc21. The molecular formula is C13H19N3O2. The van der Waals surface area contributed by atoms with Gasteiger partial charge in [-0.3, -0.25) is 4.99 Å². The molecule has 1 heterocycles. The fraction of sp³-hybridized carbons (Fsp3) is 0.462. The molecule has 0 saturated heterocycles. The van der Waals surface area contributed by atoms with Crippen LogP contribution in [0.3, 0.4) is 0 Å². The Labute approximate surface area is 107 Å². The molecule has 1 aliphatic heterocycles. The van der Waals surface area contributed by atoms with E-state index in [1.807, 2.05) is 12.1 Å². The number of methoxy groups -OCH3 is 1. The average molecular weight is 249 g/mol. The summed E-state index contributed by atoms with van der Waals surface area (Å²) >= 11 is 0. The van der Waals surface area contributed by atoms with Gasteiger partial charge in [0.25, 0.3) is 0 Å². The lowest BCUT2D eigenvalue weighted by Crippen LogP contribution is -2.43. The first-order chi connectivity index (χ1) is 8.68. The maximum Gasteiger partial charge on any atom is 0.186 e. The quantitative estimate of drug-likeness (QED) is 0.596. The van der Waals surface area contributed by atoms with Gasteiger partial charge in [-0.1, -0.05) is 24.3 Å². The number of nitrogens with zero attached hydrogens (tertiary/aromatic N) is 1. The molecule has 0 bridgehead atoms. The van der Waals surface area contributed by atoms with Gasteiger partial charge in [0.1, 0.15) is 5.60 Å². The summed E-state index contributed by atoms with van der Waals surface area (Å²) in [4.78, 5) is 4.11. The predicted molar refractivity (Wildman–Crippen MR) is 70.3 cm³/mol. The second-order valence-electron chi connectivity index (χ2n) is 4.42. The first-order valence-electron chi connectivity index (χ1n) is 5.94. The van der Waals surface area contributed by atoms with E-state index in [2.05, 4.69) is 17.1 Å². The van der Waals surface area contributed by atoms with E-state index in [0.29, 0.717) is 19.8 Å². The third kappa shape index (κ3) is 2.47. The Hall–Kier alpha value is -1.59. The van der Waals surface area contributed by atoms with Crippen LogP contribution < -0.4 is 11.5 Å². The summed E-state index contributed by atoms with van der Waals surface area (Å²) in [5.74, 6) is 0.0668. The molecule has 1 aliphatic rings. The fourth-order valence-electron chi connectivity index (χ4n) is 2.36. The molecule has 1 aromatic rings. The van der Waals surface area contributed by atoms with E-state index in [1.165, 1.54) is 5.56 Å². The summed E-state index contributed by atoms with van der Waals surface area (Å²) < 4.78 is 11.2. The van der Waals surface area contributed by atoms with E-state index in [-0.39, 0.29) is 5.96 Å². The van der Waals surface area contributed by atoms with E-state index in [1.54, 1.807) is 7.11 Å². The number of aliphatic imine (C=N–C) groups is 1. The van der Waals surface area contributed by atoms with E-state index in [4.69, 9.17) is 20.9 Å². The van der Waals surface area contributed by atoms with Crippen molar-refractivity contribution < 1.29 is 9.47 Å². The molecule has 0 aliphatic carbocycles. The van der Waals surface area contributed by atoms with E-state index >= 15 is 0 Å². The van der Waals surface area contributed by atoms with Crippen molar-refractivity contribution in [3.8, 4) is 0 Å². The van der Waals surface area contributed by atoms with Crippen LogP contribution in [0, 0.1) is 0 Å². The zero-order chi connectivity index (χ0) is 13.0. The topological polar surface area (TPSA) is 82.9 Å². The molecule has 0 amide bonds. The molecule has 4 N–H and O–H groups in total. The molecule has 98 valence electrons. The van der Waals surface area contributed by atoms with Crippen molar-refractivity contribution in [1.82, 2.24) is 0 Å². The maximum absolute atomic E-state index is 5.94. The number of benzene rings is 1. The van der Waals surface area contributed by atoms with Gasteiger partial charge in [-0.25, -0.2) is 0 Å². The molecule has 2 rings (SSSR count). The Balaban J connectivity index is 2.38. The molecule has 1 unspecified atom stereocenters. The number of fused-ring (bicyclic) bond motifs is 1. The van der Waals surface area contributed by atoms with Crippen molar-refractivity contribution in [3.05, 3.63) is 35.4 Å². The summed E-state index contributed by atoms with van der Waals surface area (Å²) in [5.41, 5.74) is 12.6. The lowest BCUT2D eigenvalue weighted by Gasteiger charge is -2.37. The minimum Gasteiger partial charge on any atom is -0.381 e. The Kier molecular flexibility index (Phi) is 3.84. The number of guanidine groups is 1. The van der Waals surface area contributed by atoms with Crippen LogP contribution in [0.15, 0.2) is 29.3 Å². The van der Waals surface area contributed by atoms with Crippen LogP contribution in [0.25, 0.3) is 0 Å². The largest absolute Gasteiger partial charge is 0.381 e. The second kappa shape index (κ2) is 5.37. The van der Waals surface area contributed by atoms with Crippen LogP contribution in [0.2, 0.25) is 0 Å². The highest BCUT2D eigenvalue weighted by atomic mass is 16.5. The monoisotopic (exact) mass is 249 g/mol. The average Bonchev–Trinajstić information content (AvgIpc) is 2.37. The number of ether oxygens (including phenoxy) is 2. The molecule has 18 heavy (non-hydrogen) atoms. The summed E-state index contributed by atoms with van der Waals surface area (Å²) in [6, 6.07) is 8.18. The molecule has 1 aromatic carbocycles. The molecule has 0 aromatic heterocycles. The van der Waals surface area contributed by atoms with E-state index < -0.39 is 5.60 Å². The van der Waals surface area contributed by atoms with Crippen LogP contribution in [0.1, 0.15) is 11.1 Å². The van der Waals surface area contributed by atoms with E-state index in [9.17, 15) is 0 Å². The van der Waals surface area contributed by atoms with Crippen molar-refractivity contribution in [3.63, 3.8) is 0 Å². The van der Waals surface area contributed by atoms with Gasteiger partial charge >= 0.3 is 0 Å². The highest BCUT2D eigenvalue weighted by Crippen LogP contribution is 2.33. The molecule has 0 fully saturated rings. The van der Waals surface area contributed by atoms with Gasteiger partial charge in [-0.05, 0) is 17.5 Å². The summed E-state index contributed by atoms with van der Waals surface area (Å²) in [6.07, 6.45) is 0.906. The van der Waals surface area contributed by atoms with Crippen LogP contribution in [-0.4, -0.2) is 32.8 Å². The number of hydrogen-bond acceptors (Lipinski definition) is 3. The lowest BCUT2D eigenvalue weighted by atomic mass is 9.86. The zero-order valence-corrected chi connectivity index (χ0v) is 10.6. The first-order valence-corrected chi connectivity index (χ1v) is 5.94. The van der Waals surface area contributed by atoms with Crippen molar-refractivity contribution in [2.45, 2.75) is 12.0 Å². The Morgan fingerprint density at radius 3 is 2.94 bits per heavy atom. The minimum atomic E-state index is -0.576. The first kappa shape index (κ1) is 12.9. The maximum atomic E-state index is 5.94. The highest BCUT2D eigenvalue weighted by Gasteiger charge is 2.37. The van der Waals surface area contributed by atoms with Gasteiger partial charge in [-0.15, -0.1) is 0 Å². The third-order valence-electron chi connectivity index (χ3n) is 3.15. The molecule has 1 atom stereocenters. The molecule has 5 heteroatoms. The van der Waals surface area contributed by atoms with Gasteiger partial charge in [0.15, 0.2) is 5.96 Å². The highest BCUT2D eigenvalue weighted by molar-refractivity contribution is 5.75. The van der Waals surface area contributed by atoms with Crippen molar-refractivity contribution >= 4 is 5.96 Å². The zero-order valence-electron chi connectivity index (χ0n) is 10.6. The fourth-order valence-corrected chi connectivity index (χ4v) is 2.36. The van der Waals surface area contributed by atoms with Crippen LogP contribution in [-0.2, 0) is 21.5 Å². The molecular weight excluding hydrogens is 230 g/mol. The smallest absolute Gasteiger partial charge is 0.186 e. The molecule has 5 nitrogen and oxygen atoms in total. The lowest BCUT2D eigenvalue weighted by molar-refractivity contribution is -0.0959. The van der Waals surface area contributed by atoms with Gasteiger partial charge < -0.3 is 20.9 Å². The Morgan fingerprint density at radius 1 is 1.44 bits per heavy atom. The van der Waals surface area contributed by atoms with Gasteiger partial charge in [0.2, 0.25) is 0 Å². The van der Waals surface area contributed by atoms with Crippen molar-refractivity contribution in [1.29, 1.82) is 0 Å². The van der Waals surface area contributed by atoms with Crippen LogP contribution >= 0.6 is 0 Å². The van der Waals surface area contributed by atoms with Gasteiger partial charge in [0.05, 0.1) is 19.8 Å². The van der Waals surface area contributed by atoms with E-state index in [0.717, 1.165) is 12.0 Å². The molecule has 0 saturated carbocycles. The van der Waals surface area contributed by atoms with Gasteiger partial charge in [-0.2, -0.15) is 0 Å². The predicted octanol–water partition coefficient (Wildman–Crippen LogP) is 0.374. The van der Waals surface area contributed by atoms with Crippen LogP contribution in [0.4, 0.5) is 0 Å². The normalized spacial score (nSPS) is 22.3. The van der Waals surface area contributed by atoms with Crippen LogP contribution in [0.5, 0.6) is 0 Å². The third-order valence-corrected chi connectivity index (χ3v) is 3.15. The number of nitrogens with two attached hydrogens (primary N) is 2. The Bertz CT molecular complexity index is 444.